The first kappa shape index (κ1) is 13.2. The summed E-state index contributed by atoms with van der Waals surface area (Å²) in [5.41, 5.74) is 0.554. The molecule has 2 heterocycles. The van der Waals surface area contributed by atoms with E-state index in [1.807, 2.05) is 0 Å². The lowest BCUT2D eigenvalue weighted by Gasteiger charge is -2.22. The fourth-order valence-corrected chi connectivity index (χ4v) is 3.01. The van der Waals surface area contributed by atoms with Crippen LogP contribution in [0.3, 0.4) is 0 Å². The van der Waals surface area contributed by atoms with Gasteiger partial charge < -0.3 is 15.3 Å². The van der Waals surface area contributed by atoms with Gasteiger partial charge in [-0.05, 0) is 12.8 Å². The smallest absolute Gasteiger partial charge is 0.258 e. The summed E-state index contributed by atoms with van der Waals surface area (Å²) in [5.74, 6) is -0.212. The van der Waals surface area contributed by atoms with Gasteiger partial charge in [-0.15, -0.1) is 0 Å². The van der Waals surface area contributed by atoms with Crippen molar-refractivity contribution < 1.29 is 4.79 Å². The zero-order valence-electron chi connectivity index (χ0n) is 11.0. The maximum Gasteiger partial charge on any atom is 0.258 e. The summed E-state index contributed by atoms with van der Waals surface area (Å²) in [6.45, 7) is 0. The molecule has 6 heteroatoms. The number of fused-ring (bicyclic) bond motifs is 1. The standard InChI is InChI=1S/C14H16ClN3O2/c15-10-7-17-14(20)11-9(6-16-12(10)11)13(19)18-8-4-2-1-3-5-8/h6-8,16H,1-5H2,(H,17,20)(H,18,19). The molecule has 0 spiro atoms. The maximum atomic E-state index is 12.3. The minimum absolute atomic E-state index is 0.208. The summed E-state index contributed by atoms with van der Waals surface area (Å²) in [6, 6.07) is 0.208. The number of carbonyl (C=O) groups is 1. The SMILES string of the molecule is O=C(NC1CCCCC1)c1c[nH]c2c(Cl)c[nH]c(=O)c12. The van der Waals surface area contributed by atoms with E-state index < -0.39 is 0 Å². The van der Waals surface area contributed by atoms with Gasteiger partial charge in [0.25, 0.3) is 11.5 Å². The number of aromatic amines is 2. The molecule has 0 saturated heterocycles. The molecular formula is C14H16ClN3O2. The molecule has 0 aromatic carbocycles. The van der Waals surface area contributed by atoms with Gasteiger partial charge in [-0.25, -0.2) is 0 Å². The molecule has 0 atom stereocenters. The predicted octanol–water partition coefficient (Wildman–Crippen LogP) is 2.57. The minimum Gasteiger partial charge on any atom is -0.359 e. The van der Waals surface area contributed by atoms with Crippen LogP contribution in [0.15, 0.2) is 17.2 Å². The molecule has 2 aromatic heterocycles. The Morgan fingerprint density at radius 1 is 1.20 bits per heavy atom. The number of nitrogens with one attached hydrogen (secondary N) is 3. The van der Waals surface area contributed by atoms with Crippen LogP contribution in [-0.4, -0.2) is 21.9 Å². The van der Waals surface area contributed by atoms with Crippen LogP contribution in [0.1, 0.15) is 42.5 Å². The lowest BCUT2D eigenvalue weighted by atomic mass is 9.95. The Morgan fingerprint density at radius 3 is 2.70 bits per heavy atom. The molecule has 0 radical (unpaired) electrons. The number of H-pyrrole nitrogens is 2. The van der Waals surface area contributed by atoms with Gasteiger partial charge in [-0.3, -0.25) is 9.59 Å². The van der Waals surface area contributed by atoms with Crippen LogP contribution in [0.25, 0.3) is 10.9 Å². The Morgan fingerprint density at radius 2 is 1.95 bits per heavy atom. The predicted molar refractivity (Wildman–Crippen MR) is 78.3 cm³/mol. The van der Waals surface area contributed by atoms with Gasteiger partial charge in [-0.2, -0.15) is 0 Å². The zero-order valence-corrected chi connectivity index (χ0v) is 11.7. The quantitative estimate of drug-likeness (QED) is 0.796. The van der Waals surface area contributed by atoms with Crippen LogP contribution in [0, 0.1) is 0 Å². The van der Waals surface area contributed by atoms with Crippen LogP contribution in [0.2, 0.25) is 5.02 Å². The van der Waals surface area contributed by atoms with E-state index in [1.165, 1.54) is 12.6 Å². The van der Waals surface area contributed by atoms with E-state index in [0.29, 0.717) is 21.5 Å². The minimum atomic E-state index is -0.306. The van der Waals surface area contributed by atoms with Crippen molar-refractivity contribution in [3.8, 4) is 0 Å². The van der Waals surface area contributed by atoms with E-state index in [1.54, 1.807) is 6.20 Å². The second-order valence-corrected chi connectivity index (χ2v) is 5.63. The third-order valence-electron chi connectivity index (χ3n) is 3.86. The lowest BCUT2D eigenvalue weighted by Crippen LogP contribution is -2.36. The van der Waals surface area contributed by atoms with Crippen molar-refractivity contribution in [3.63, 3.8) is 0 Å². The van der Waals surface area contributed by atoms with E-state index >= 15 is 0 Å². The second-order valence-electron chi connectivity index (χ2n) is 5.23. The number of halogens is 1. The Balaban J connectivity index is 1.92. The van der Waals surface area contributed by atoms with Gasteiger partial charge in [0.15, 0.2) is 0 Å². The highest BCUT2D eigenvalue weighted by Gasteiger charge is 2.20. The fraction of sp³-hybridized carbons (Fsp3) is 0.429. The van der Waals surface area contributed by atoms with Crippen molar-refractivity contribution >= 4 is 28.4 Å². The highest BCUT2D eigenvalue weighted by molar-refractivity contribution is 6.35. The number of rotatable bonds is 2. The van der Waals surface area contributed by atoms with Crippen LogP contribution in [0.4, 0.5) is 0 Å². The normalized spacial score (nSPS) is 16.4. The van der Waals surface area contributed by atoms with Crippen molar-refractivity contribution in [1.82, 2.24) is 15.3 Å². The molecule has 2 aromatic rings. The molecule has 0 unspecified atom stereocenters. The summed E-state index contributed by atoms with van der Waals surface area (Å²) in [7, 11) is 0. The molecule has 3 N–H and O–H groups in total. The van der Waals surface area contributed by atoms with E-state index in [4.69, 9.17) is 11.6 Å². The Labute approximate surface area is 120 Å². The molecule has 1 aliphatic rings. The van der Waals surface area contributed by atoms with E-state index in [2.05, 4.69) is 15.3 Å². The number of amides is 1. The topological polar surface area (TPSA) is 77.8 Å². The van der Waals surface area contributed by atoms with Gasteiger partial charge in [-0.1, -0.05) is 30.9 Å². The van der Waals surface area contributed by atoms with Gasteiger partial charge in [0.2, 0.25) is 0 Å². The van der Waals surface area contributed by atoms with Crippen molar-refractivity contribution in [2.75, 3.05) is 0 Å². The first-order valence-electron chi connectivity index (χ1n) is 6.86. The van der Waals surface area contributed by atoms with Crippen molar-refractivity contribution in [2.24, 2.45) is 0 Å². The summed E-state index contributed by atoms with van der Waals surface area (Å²) >= 11 is 6.01. The van der Waals surface area contributed by atoms with Gasteiger partial charge in [0.05, 0.1) is 21.5 Å². The maximum absolute atomic E-state index is 12.3. The highest BCUT2D eigenvalue weighted by atomic mass is 35.5. The van der Waals surface area contributed by atoms with Crippen LogP contribution in [0.5, 0.6) is 0 Å². The van der Waals surface area contributed by atoms with Crippen LogP contribution >= 0.6 is 11.6 Å². The highest BCUT2D eigenvalue weighted by Crippen LogP contribution is 2.22. The van der Waals surface area contributed by atoms with E-state index in [0.717, 1.165) is 25.7 Å². The third kappa shape index (κ3) is 2.33. The molecule has 106 valence electrons. The van der Waals surface area contributed by atoms with E-state index in [-0.39, 0.29) is 17.5 Å². The van der Waals surface area contributed by atoms with Gasteiger partial charge in [0, 0.05) is 18.4 Å². The molecule has 1 aliphatic carbocycles. The van der Waals surface area contributed by atoms with Gasteiger partial charge >= 0.3 is 0 Å². The molecule has 20 heavy (non-hydrogen) atoms. The van der Waals surface area contributed by atoms with Crippen LogP contribution < -0.4 is 10.9 Å². The molecule has 5 nitrogen and oxygen atoms in total. The Hall–Kier alpha value is -1.75. The number of hydrogen-bond acceptors (Lipinski definition) is 2. The zero-order chi connectivity index (χ0) is 14.1. The number of hydrogen-bond donors (Lipinski definition) is 3. The lowest BCUT2D eigenvalue weighted by molar-refractivity contribution is 0.0929. The second kappa shape index (κ2) is 5.32. The first-order valence-corrected chi connectivity index (χ1v) is 7.24. The third-order valence-corrected chi connectivity index (χ3v) is 4.16. The number of aromatic nitrogens is 2. The largest absolute Gasteiger partial charge is 0.359 e. The molecular weight excluding hydrogens is 278 g/mol. The summed E-state index contributed by atoms with van der Waals surface area (Å²) < 4.78 is 0. The Kier molecular flexibility index (Phi) is 3.53. The molecule has 1 saturated carbocycles. The van der Waals surface area contributed by atoms with Crippen molar-refractivity contribution in [1.29, 1.82) is 0 Å². The monoisotopic (exact) mass is 293 g/mol. The molecule has 0 aliphatic heterocycles. The summed E-state index contributed by atoms with van der Waals surface area (Å²) in [4.78, 5) is 29.7. The van der Waals surface area contributed by atoms with Gasteiger partial charge in [0.1, 0.15) is 0 Å². The average Bonchev–Trinajstić information content (AvgIpc) is 2.90. The first-order chi connectivity index (χ1) is 9.66. The number of pyridine rings is 1. The fourth-order valence-electron chi connectivity index (χ4n) is 2.81. The molecule has 1 fully saturated rings. The summed E-state index contributed by atoms with van der Waals surface area (Å²) in [5, 5.41) is 3.73. The average molecular weight is 294 g/mol. The van der Waals surface area contributed by atoms with E-state index in [9.17, 15) is 9.59 Å². The molecule has 1 amide bonds. The number of carbonyl (C=O) groups excluding carboxylic acids is 1. The summed E-state index contributed by atoms with van der Waals surface area (Å²) in [6.07, 6.45) is 8.50. The van der Waals surface area contributed by atoms with Crippen molar-refractivity contribution in [2.45, 2.75) is 38.1 Å². The Bertz CT molecular complexity index is 698. The van der Waals surface area contributed by atoms with Crippen LogP contribution in [-0.2, 0) is 0 Å². The molecule has 0 bridgehead atoms. The molecule has 3 rings (SSSR count). The van der Waals surface area contributed by atoms with Crippen molar-refractivity contribution in [3.05, 3.63) is 33.3 Å².